The molecule has 0 amide bonds. The van der Waals surface area contributed by atoms with Crippen molar-refractivity contribution in [3.05, 3.63) is 0 Å². The number of hydrogen-bond donors (Lipinski definition) is 0. The molecule has 5 rings (SSSR count). The van der Waals surface area contributed by atoms with Crippen LogP contribution in [0.1, 0.15) is 32.6 Å². The molecule has 0 radical (unpaired) electrons. The smallest absolute Gasteiger partial charge is 0.0108 e. The summed E-state index contributed by atoms with van der Waals surface area (Å²) in [5.41, 5.74) is 2.90. The molecule has 0 saturated heterocycles. The summed E-state index contributed by atoms with van der Waals surface area (Å²) in [7, 11) is 0. The highest BCUT2D eigenvalue weighted by atomic mass is 15.1. The Hall–Kier alpha value is 0. The molecular weight excluding hydrogens is 132 g/mol. The third-order valence-electron chi connectivity index (χ3n) is 6.88. The van der Waals surface area contributed by atoms with Crippen molar-refractivity contribution in [3.63, 3.8) is 0 Å². The van der Waals surface area contributed by atoms with Crippen molar-refractivity contribution in [1.29, 1.82) is 0 Å². The summed E-state index contributed by atoms with van der Waals surface area (Å²) in [6, 6.07) is 0. The lowest BCUT2D eigenvalue weighted by Crippen LogP contribution is -2.29. The van der Waals surface area contributed by atoms with Crippen LogP contribution >= 0.6 is 0 Å². The Labute approximate surface area is 67.4 Å². The molecule has 0 bridgehead atoms. The van der Waals surface area contributed by atoms with E-state index >= 15 is 0 Å². The van der Waals surface area contributed by atoms with Gasteiger partial charge in [0.25, 0.3) is 0 Å². The predicted molar refractivity (Wildman–Crippen MR) is 41.9 cm³/mol. The minimum Gasteiger partial charge on any atom is -0.0585 e. The Morgan fingerprint density at radius 2 is 1.91 bits per heavy atom. The van der Waals surface area contributed by atoms with Gasteiger partial charge < -0.3 is 0 Å². The van der Waals surface area contributed by atoms with Gasteiger partial charge in [0, 0.05) is 0 Å². The Morgan fingerprint density at radius 3 is 2.36 bits per heavy atom. The lowest BCUT2D eigenvalue weighted by molar-refractivity contribution is 0.131. The normalized spacial score (nSPS) is 90.8. The van der Waals surface area contributed by atoms with Gasteiger partial charge in [0.1, 0.15) is 0 Å². The van der Waals surface area contributed by atoms with Gasteiger partial charge in [0.15, 0.2) is 0 Å². The van der Waals surface area contributed by atoms with Gasteiger partial charge in [-0.05, 0) is 59.7 Å². The fourth-order valence-electron chi connectivity index (χ4n) is 7.14. The average molecular weight is 146 g/mol. The van der Waals surface area contributed by atoms with Gasteiger partial charge >= 0.3 is 0 Å². The fourth-order valence-corrected chi connectivity index (χ4v) is 7.14. The van der Waals surface area contributed by atoms with Crippen LogP contribution in [0.4, 0.5) is 0 Å². The van der Waals surface area contributed by atoms with E-state index < -0.39 is 0 Å². The number of hydrogen-bond acceptors (Lipinski definition) is 0. The third kappa shape index (κ3) is 0.172. The summed E-state index contributed by atoms with van der Waals surface area (Å²) in [6.45, 7) is 2.62. The lowest BCUT2D eigenvalue weighted by Gasteiger charge is -2.34. The van der Waals surface area contributed by atoms with Crippen LogP contribution < -0.4 is 0 Å². The molecule has 5 saturated carbocycles. The molecule has 0 aromatic carbocycles. The second-order valence-electron chi connectivity index (χ2n) is 5.99. The largest absolute Gasteiger partial charge is 0.0585 e. The summed E-state index contributed by atoms with van der Waals surface area (Å²) in [6.07, 6.45) is 6.47. The first-order valence-electron chi connectivity index (χ1n) is 5.31. The fraction of sp³-hybridized carbons (Fsp3) is 1.00. The van der Waals surface area contributed by atoms with Crippen LogP contribution in [0.15, 0.2) is 0 Å². The quantitative estimate of drug-likeness (QED) is 0.492. The highest BCUT2D eigenvalue weighted by Crippen LogP contribution is 3.15. The van der Waals surface area contributed by atoms with E-state index in [2.05, 4.69) is 6.92 Å². The first kappa shape index (κ1) is 4.89. The molecular formula is C11H14. The molecule has 0 N–H and O–H groups in total. The second-order valence-corrected chi connectivity index (χ2v) is 5.99. The summed E-state index contributed by atoms with van der Waals surface area (Å²) >= 11 is 0. The van der Waals surface area contributed by atoms with E-state index in [4.69, 9.17) is 0 Å². The van der Waals surface area contributed by atoms with E-state index in [0.29, 0.717) is 0 Å². The first-order chi connectivity index (χ1) is 5.31. The van der Waals surface area contributed by atoms with Crippen molar-refractivity contribution in [1.82, 2.24) is 0 Å². The lowest BCUT2D eigenvalue weighted by atomic mass is 9.70. The van der Waals surface area contributed by atoms with Gasteiger partial charge in [-0.1, -0.05) is 6.92 Å². The third-order valence-corrected chi connectivity index (χ3v) is 6.88. The van der Waals surface area contributed by atoms with Gasteiger partial charge in [-0.2, -0.15) is 0 Å². The van der Waals surface area contributed by atoms with Crippen molar-refractivity contribution in [2.75, 3.05) is 0 Å². The predicted octanol–water partition coefficient (Wildman–Crippen LogP) is 2.44. The maximum atomic E-state index is 2.62. The zero-order valence-corrected chi connectivity index (χ0v) is 7.06. The Morgan fingerprint density at radius 1 is 1.09 bits per heavy atom. The zero-order chi connectivity index (χ0) is 7.06. The van der Waals surface area contributed by atoms with E-state index in [1.54, 1.807) is 25.7 Å². The Balaban J connectivity index is 1.93. The Bertz CT molecular complexity index is 295. The van der Waals surface area contributed by atoms with E-state index in [1.165, 1.54) is 17.8 Å². The van der Waals surface area contributed by atoms with Crippen LogP contribution in [0, 0.1) is 34.0 Å². The maximum Gasteiger partial charge on any atom is -0.0108 e. The molecule has 6 unspecified atom stereocenters. The topological polar surface area (TPSA) is 0 Å². The molecule has 11 heavy (non-hydrogen) atoms. The van der Waals surface area contributed by atoms with Crippen molar-refractivity contribution in [2.24, 2.45) is 34.0 Å². The van der Waals surface area contributed by atoms with Crippen molar-refractivity contribution in [3.8, 4) is 0 Å². The van der Waals surface area contributed by atoms with Gasteiger partial charge in [-0.15, -0.1) is 0 Å². The average Bonchev–Trinajstić information content (AvgIpc) is 2.58. The molecule has 0 aliphatic heterocycles. The summed E-state index contributed by atoms with van der Waals surface area (Å²) in [4.78, 5) is 0. The summed E-state index contributed by atoms with van der Waals surface area (Å²) in [5, 5.41) is 0. The van der Waals surface area contributed by atoms with Crippen LogP contribution in [0.3, 0.4) is 0 Å². The highest BCUT2D eigenvalue weighted by Gasteiger charge is 3.10. The molecule has 0 heterocycles. The van der Waals surface area contributed by atoms with Crippen molar-refractivity contribution in [2.45, 2.75) is 32.6 Å². The molecule has 58 valence electrons. The molecule has 0 nitrogen and oxygen atoms in total. The maximum absolute atomic E-state index is 2.62. The number of rotatable bonds is 0. The van der Waals surface area contributed by atoms with E-state index in [-0.39, 0.29) is 0 Å². The molecule has 5 fully saturated rings. The van der Waals surface area contributed by atoms with Crippen LogP contribution in [0.2, 0.25) is 0 Å². The molecule has 0 aromatic heterocycles. The molecule has 6 atom stereocenters. The standard InChI is InChI=1S/C11H14/c1-9-4-2-6-8-7-3-5-10(6,9)11(7,8)9/h6-8H,2-5H2,1H3. The molecule has 0 heteroatoms. The molecule has 0 aromatic rings. The van der Waals surface area contributed by atoms with Gasteiger partial charge in [0.2, 0.25) is 0 Å². The zero-order valence-electron chi connectivity index (χ0n) is 7.06. The van der Waals surface area contributed by atoms with Gasteiger partial charge in [0.05, 0.1) is 0 Å². The molecule has 5 aliphatic rings. The van der Waals surface area contributed by atoms with E-state index in [9.17, 15) is 0 Å². The highest BCUT2D eigenvalue weighted by molar-refractivity contribution is 5.57. The van der Waals surface area contributed by atoms with Crippen LogP contribution in [0.25, 0.3) is 0 Å². The second kappa shape index (κ2) is 0.843. The SMILES string of the molecule is CC12CCC3C4C5CCC31C542. The van der Waals surface area contributed by atoms with E-state index in [0.717, 1.165) is 16.2 Å². The van der Waals surface area contributed by atoms with Crippen molar-refractivity contribution < 1.29 is 0 Å². The minimum absolute atomic E-state index is 0.901. The molecule has 2 spiro atoms. The van der Waals surface area contributed by atoms with Gasteiger partial charge in [-0.25, -0.2) is 0 Å². The number of fused-ring (bicyclic) bond motifs is 2. The summed E-state index contributed by atoms with van der Waals surface area (Å²) < 4.78 is 0. The minimum atomic E-state index is 0.901. The summed E-state index contributed by atoms with van der Waals surface area (Å²) in [5.74, 6) is 3.77. The van der Waals surface area contributed by atoms with Crippen molar-refractivity contribution >= 4 is 0 Å². The molecule has 5 aliphatic carbocycles. The van der Waals surface area contributed by atoms with Crippen LogP contribution in [-0.4, -0.2) is 0 Å². The first-order valence-corrected chi connectivity index (χ1v) is 5.31. The van der Waals surface area contributed by atoms with E-state index in [1.807, 2.05) is 0 Å². The van der Waals surface area contributed by atoms with Crippen LogP contribution in [-0.2, 0) is 0 Å². The Kier molecular flexibility index (Phi) is 0.375. The van der Waals surface area contributed by atoms with Crippen LogP contribution in [0.5, 0.6) is 0 Å². The monoisotopic (exact) mass is 146 g/mol. The van der Waals surface area contributed by atoms with Gasteiger partial charge in [-0.3, -0.25) is 0 Å².